The lowest BCUT2D eigenvalue weighted by molar-refractivity contribution is -0.143. The minimum atomic E-state index is -0.101. The molecule has 1 aromatic carbocycles. The molecule has 0 radical (unpaired) electrons. The van der Waals surface area contributed by atoms with Crippen LogP contribution in [-0.2, 0) is 16.0 Å². The number of esters is 1. The maximum Gasteiger partial charge on any atom is 0.305 e. The van der Waals surface area contributed by atoms with Crippen LogP contribution in [0, 0.1) is 5.92 Å². The molecule has 1 aromatic rings. The third-order valence-corrected chi connectivity index (χ3v) is 2.90. The fourth-order valence-corrected chi connectivity index (χ4v) is 1.85. The van der Waals surface area contributed by atoms with Gasteiger partial charge in [0, 0.05) is 11.4 Å². The summed E-state index contributed by atoms with van der Waals surface area (Å²) in [6.07, 6.45) is 2.33. The molecule has 0 fully saturated rings. The van der Waals surface area contributed by atoms with Gasteiger partial charge in [-0.3, -0.25) is 4.79 Å². The number of hydrogen-bond donors (Lipinski definition) is 0. The molecule has 1 unspecified atom stereocenters. The van der Waals surface area contributed by atoms with Crippen LogP contribution in [0.15, 0.2) is 24.3 Å². The van der Waals surface area contributed by atoms with Gasteiger partial charge in [0.25, 0.3) is 0 Å². The van der Waals surface area contributed by atoms with Crippen LogP contribution in [0.3, 0.4) is 0 Å². The molecule has 17 heavy (non-hydrogen) atoms. The zero-order chi connectivity index (χ0) is 12.7. The quantitative estimate of drug-likeness (QED) is 0.721. The van der Waals surface area contributed by atoms with E-state index in [-0.39, 0.29) is 5.97 Å². The van der Waals surface area contributed by atoms with Crippen molar-refractivity contribution in [1.29, 1.82) is 0 Å². The molecule has 94 valence electrons. The lowest BCUT2D eigenvalue weighted by Gasteiger charge is -2.10. The molecule has 0 N–H and O–H groups in total. The van der Waals surface area contributed by atoms with E-state index in [9.17, 15) is 4.79 Å². The van der Waals surface area contributed by atoms with E-state index in [4.69, 9.17) is 16.3 Å². The predicted molar refractivity (Wildman–Crippen MR) is 70.2 cm³/mol. The van der Waals surface area contributed by atoms with Gasteiger partial charge in [-0.1, -0.05) is 30.7 Å². The minimum absolute atomic E-state index is 0.101. The third-order valence-electron chi connectivity index (χ3n) is 2.64. The van der Waals surface area contributed by atoms with Crippen LogP contribution in [0.2, 0.25) is 5.02 Å². The van der Waals surface area contributed by atoms with Gasteiger partial charge < -0.3 is 4.74 Å². The van der Waals surface area contributed by atoms with E-state index >= 15 is 0 Å². The molecule has 3 heteroatoms. The van der Waals surface area contributed by atoms with Gasteiger partial charge in [-0.15, -0.1) is 0 Å². The summed E-state index contributed by atoms with van der Waals surface area (Å²) in [6.45, 7) is 4.44. The number of benzene rings is 1. The Morgan fingerprint density at radius 3 is 2.59 bits per heavy atom. The van der Waals surface area contributed by atoms with Crippen LogP contribution in [-0.4, -0.2) is 12.6 Å². The number of carbonyl (C=O) groups is 1. The molecule has 0 aliphatic heterocycles. The molecule has 0 aliphatic rings. The summed E-state index contributed by atoms with van der Waals surface area (Å²) >= 11 is 5.82. The van der Waals surface area contributed by atoms with Crippen molar-refractivity contribution in [2.24, 2.45) is 5.92 Å². The average Bonchev–Trinajstić information content (AvgIpc) is 2.30. The first kappa shape index (κ1) is 14.0. The summed E-state index contributed by atoms with van der Waals surface area (Å²) in [5.41, 5.74) is 1.26. The highest BCUT2D eigenvalue weighted by Crippen LogP contribution is 2.16. The van der Waals surface area contributed by atoms with Crippen LogP contribution in [0.4, 0.5) is 0 Å². The lowest BCUT2D eigenvalue weighted by Crippen LogP contribution is -2.07. The van der Waals surface area contributed by atoms with Crippen molar-refractivity contribution in [1.82, 2.24) is 0 Å². The Kier molecular flexibility index (Phi) is 6.06. The molecular formula is C14H19ClO2. The standard InChI is InChI=1S/C14H19ClO2/c1-3-17-14(16)9-4-11(2)10-12-5-7-13(15)8-6-12/h5-8,11H,3-4,9-10H2,1-2H3. The smallest absolute Gasteiger partial charge is 0.305 e. The van der Waals surface area contributed by atoms with Gasteiger partial charge in [-0.25, -0.2) is 0 Å². The number of hydrogen-bond acceptors (Lipinski definition) is 2. The molecule has 0 aliphatic carbocycles. The summed E-state index contributed by atoms with van der Waals surface area (Å²) in [4.78, 5) is 11.2. The molecule has 0 bridgehead atoms. The van der Waals surface area contributed by atoms with Crippen molar-refractivity contribution >= 4 is 17.6 Å². The molecule has 2 nitrogen and oxygen atoms in total. The largest absolute Gasteiger partial charge is 0.466 e. The predicted octanol–water partition coefficient (Wildman–Crippen LogP) is 3.86. The third kappa shape index (κ3) is 5.73. The van der Waals surface area contributed by atoms with Crippen molar-refractivity contribution in [3.63, 3.8) is 0 Å². The maximum atomic E-state index is 11.2. The second-order valence-corrected chi connectivity index (χ2v) is 4.72. The number of ether oxygens (including phenoxy) is 1. The van der Waals surface area contributed by atoms with Gasteiger partial charge in [-0.2, -0.15) is 0 Å². The topological polar surface area (TPSA) is 26.3 Å². The lowest BCUT2D eigenvalue weighted by atomic mass is 9.97. The summed E-state index contributed by atoms with van der Waals surface area (Å²) < 4.78 is 4.90. The Bertz CT molecular complexity index is 346. The van der Waals surface area contributed by atoms with Gasteiger partial charge in [0.15, 0.2) is 0 Å². The fraction of sp³-hybridized carbons (Fsp3) is 0.500. The van der Waals surface area contributed by atoms with Crippen molar-refractivity contribution in [3.8, 4) is 0 Å². The van der Waals surface area contributed by atoms with E-state index in [0.29, 0.717) is 18.9 Å². The summed E-state index contributed by atoms with van der Waals surface area (Å²) in [5.74, 6) is 0.371. The van der Waals surface area contributed by atoms with Crippen molar-refractivity contribution < 1.29 is 9.53 Å². The summed E-state index contributed by atoms with van der Waals surface area (Å²) in [7, 11) is 0. The fourth-order valence-electron chi connectivity index (χ4n) is 1.72. The zero-order valence-electron chi connectivity index (χ0n) is 10.4. The number of carbonyl (C=O) groups excluding carboxylic acids is 1. The summed E-state index contributed by atoms with van der Waals surface area (Å²) in [6, 6.07) is 7.86. The van der Waals surface area contributed by atoms with E-state index in [2.05, 4.69) is 6.92 Å². The zero-order valence-corrected chi connectivity index (χ0v) is 11.2. The Labute approximate surface area is 108 Å². The first-order valence-electron chi connectivity index (χ1n) is 6.02. The highest BCUT2D eigenvalue weighted by atomic mass is 35.5. The average molecular weight is 255 g/mol. The second kappa shape index (κ2) is 7.33. The molecule has 0 aromatic heterocycles. The van der Waals surface area contributed by atoms with E-state index in [1.807, 2.05) is 31.2 Å². The molecule has 0 spiro atoms. The van der Waals surface area contributed by atoms with Gasteiger partial charge in [-0.05, 0) is 43.4 Å². The molecule has 1 atom stereocenters. The van der Waals surface area contributed by atoms with E-state index in [0.717, 1.165) is 17.9 Å². The molecule has 0 heterocycles. The van der Waals surface area contributed by atoms with Crippen LogP contribution in [0.5, 0.6) is 0 Å². The van der Waals surface area contributed by atoms with Gasteiger partial charge >= 0.3 is 5.97 Å². The molecular weight excluding hydrogens is 236 g/mol. The van der Waals surface area contributed by atoms with E-state index in [1.165, 1.54) is 5.56 Å². The first-order valence-corrected chi connectivity index (χ1v) is 6.39. The summed E-state index contributed by atoms with van der Waals surface area (Å²) in [5, 5.41) is 0.757. The van der Waals surface area contributed by atoms with Gasteiger partial charge in [0.1, 0.15) is 0 Å². The van der Waals surface area contributed by atoms with Crippen LogP contribution in [0.1, 0.15) is 32.3 Å². The van der Waals surface area contributed by atoms with Gasteiger partial charge in [0.2, 0.25) is 0 Å². The van der Waals surface area contributed by atoms with Crippen molar-refractivity contribution in [2.45, 2.75) is 33.1 Å². The minimum Gasteiger partial charge on any atom is -0.466 e. The van der Waals surface area contributed by atoms with E-state index < -0.39 is 0 Å². The Hall–Kier alpha value is -1.02. The maximum absolute atomic E-state index is 11.2. The van der Waals surface area contributed by atoms with Crippen LogP contribution < -0.4 is 0 Å². The first-order chi connectivity index (χ1) is 8.11. The molecule has 0 amide bonds. The van der Waals surface area contributed by atoms with Crippen molar-refractivity contribution in [3.05, 3.63) is 34.9 Å². The Morgan fingerprint density at radius 1 is 1.35 bits per heavy atom. The normalized spacial score (nSPS) is 12.2. The van der Waals surface area contributed by atoms with E-state index in [1.54, 1.807) is 0 Å². The number of halogens is 1. The molecule has 0 saturated heterocycles. The van der Waals surface area contributed by atoms with Crippen LogP contribution in [0.25, 0.3) is 0 Å². The number of rotatable bonds is 6. The van der Waals surface area contributed by atoms with Crippen LogP contribution >= 0.6 is 11.6 Å². The highest BCUT2D eigenvalue weighted by Gasteiger charge is 2.08. The molecule has 1 rings (SSSR count). The highest BCUT2D eigenvalue weighted by molar-refractivity contribution is 6.30. The van der Waals surface area contributed by atoms with Gasteiger partial charge in [0.05, 0.1) is 6.61 Å². The Balaban J connectivity index is 2.31. The molecule has 0 saturated carbocycles. The van der Waals surface area contributed by atoms with Crippen molar-refractivity contribution in [2.75, 3.05) is 6.61 Å². The second-order valence-electron chi connectivity index (χ2n) is 4.28. The monoisotopic (exact) mass is 254 g/mol. The SMILES string of the molecule is CCOC(=O)CCC(C)Cc1ccc(Cl)cc1. The Morgan fingerprint density at radius 2 is 2.00 bits per heavy atom.